The molecule has 6 heterocycles. The first-order valence-electron chi connectivity index (χ1n) is 23.7. The van der Waals surface area contributed by atoms with Crippen molar-refractivity contribution < 1.29 is 33.8 Å². The van der Waals surface area contributed by atoms with E-state index in [0.717, 1.165) is 44.5 Å². The lowest BCUT2D eigenvalue weighted by Crippen LogP contribution is -2.62. The van der Waals surface area contributed by atoms with Crippen LogP contribution in [0.4, 0.5) is 0 Å². The molecular formula is C51H66N8O7. The number of aromatic nitrogens is 2. The molecule has 8 rings (SSSR count). The lowest BCUT2D eigenvalue weighted by Gasteiger charge is -2.37. The van der Waals surface area contributed by atoms with Crippen molar-refractivity contribution in [2.24, 2.45) is 17.3 Å². The minimum absolute atomic E-state index is 0.00508. The maximum Gasteiger partial charge on any atom is 0.324 e. The van der Waals surface area contributed by atoms with E-state index in [2.05, 4.69) is 73.4 Å². The normalized spacial score (nSPS) is 22.6. The molecule has 0 unspecified atom stereocenters. The number of esters is 1. The fraction of sp³-hybridized carbons (Fsp3) is 0.529. The number of phenolic OH excluding ortho intramolecular Hbond substituents is 1. The predicted octanol–water partition coefficient (Wildman–Crippen LogP) is 5.17. The second-order valence-corrected chi connectivity index (χ2v) is 20.2. The first-order chi connectivity index (χ1) is 31.4. The number of hydrogen-bond acceptors (Lipinski definition) is 10. The van der Waals surface area contributed by atoms with Crippen LogP contribution < -0.4 is 16.1 Å². The van der Waals surface area contributed by atoms with Crippen LogP contribution >= 0.6 is 0 Å². The van der Waals surface area contributed by atoms with Gasteiger partial charge >= 0.3 is 5.97 Å². The number of ether oxygens (including phenoxy) is 1. The second-order valence-electron chi connectivity index (χ2n) is 20.2. The number of carbonyl (C=O) groups is 5. The molecule has 15 heteroatoms. The number of amides is 4. The maximum atomic E-state index is 14.7. The Bertz CT molecular complexity index is 2530. The molecule has 4 amide bonds. The van der Waals surface area contributed by atoms with E-state index in [-0.39, 0.29) is 55.0 Å². The number of aryl methyl sites for hydroxylation is 1. The molecule has 0 spiro atoms. The van der Waals surface area contributed by atoms with Crippen LogP contribution in [-0.2, 0) is 48.1 Å². The quantitative estimate of drug-likeness (QED) is 0.129. The van der Waals surface area contributed by atoms with Gasteiger partial charge in [-0.2, -0.15) is 0 Å². The third kappa shape index (κ3) is 9.55. The molecule has 4 aliphatic heterocycles. The lowest BCUT2D eigenvalue weighted by molar-refractivity contribution is -0.155. The van der Waals surface area contributed by atoms with Crippen molar-refractivity contribution in [2.75, 3.05) is 39.8 Å². The Hall–Kier alpha value is -5.80. The first kappa shape index (κ1) is 46.7. The zero-order valence-corrected chi connectivity index (χ0v) is 39.6. The van der Waals surface area contributed by atoms with Crippen LogP contribution in [-0.4, -0.2) is 123 Å². The number of nitrogens with one attached hydrogen (secondary N) is 3. The molecule has 5 atom stereocenters. The summed E-state index contributed by atoms with van der Waals surface area (Å²) in [6, 6.07) is 12.6. The third-order valence-corrected chi connectivity index (χ3v) is 13.7. The summed E-state index contributed by atoms with van der Waals surface area (Å²) in [6.07, 6.45) is 3.90. The van der Waals surface area contributed by atoms with Gasteiger partial charge in [0.05, 0.1) is 30.0 Å². The summed E-state index contributed by atoms with van der Waals surface area (Å²) in [7, 11) is 1.61. The smallest absolute Gasteiger partial charge is 0.324 e. The molecule has 2 aromatic heterocycles. The van der Waals surface area contributed by atoms with Crippen LogP contribution in [0.1, 0.15) is 90.5 Å². The van der Waals surface area contributed by atoms with Gasteiger partial charge in [-0.1, -0.05) is 53.7 Å². The van der Waals surface area contributed by atoms with Crippen molar-refractivity contribution in [2.45, 2.75) is 117 Å². The zero-order valence-electron chi connectivity index (χ0n) is 39.6. The van der Waals surface area contributed by atoms with E-state index in [1.807, 2.05) is 38.2 Å². The van der Waals surface area contributed by atoms with E-state index in [9.17, 15) is 29.1 Å². The number of phenols is 1. The number of carbonyl (C=O) groups excluding carboxylic acids is 5. The summed E-state index contributed by atoms with van der Waals surface area (Å²) in [5.41, 5.74) is 10.1. The molecule has 4 N–H and O–H groups in total. The summed E-state index contributed by atoms with van der Waals surface area (Å²) >= 11 is 0. The molecule has 4 aliphatic rings. The van der Waals surface area contributed by atoms with Crippen LogP contribution in [0, 0.1) is 17.3 Å². The van der Waals surface area contributed by atoms with Crippen molar-refractivity contribution in [3.63, 3.8) is 0 Å². The fourth-order valence-corrected chi connectivity index (χ4v) is 10.3. The summed E-state index contributed by atoms with van der Waals surface area (Å²) in [5, 5.41) is 19.8. The maximum absolute atomic E-state index is 14.7. The van der Waals surface area contributed by atoms with Gasteiger partial charge in [0.1, 0.15) is 23.9 Å². The van der Waals surface area contributed by atoms with Crippen LogP contribution in [0.2, 0.25) is 0 Å². The number of cyclic esters (lactones) is 1. The zero-order chi connectivity index (χ0) is 47.2. The van der Waals surface area contributed by atoms with Crippen LogP contribution in [0.15, 0.2) is 54.7 Å². The number of rotatable bonds is 9. The minimum Gasteiger partial charge on any atom is -0.508 e. The number of aromatic hydroxyl groups is 1. The van der Waals surface area contributed by atoms with Crippen molar-refractivity contribution in [1.29, 1.82) is 0 Å². The van der Waals surface area contributed by atoms with E-state index in [4.69, 9.17) is 9.72 Å². The van der Waals surface area contributed by atoms with Crippen molar-refractivity contribution >= 4 is 40.5 Å². The Morgan fingerprint density at radius 2 is 1.80 bits per heavy atom. The molecule has 0 radical (unpaired) electrons. The molecule has 3 saturated heterocycles. The lowest BCUT2D eigenvalue weighted by atomic mass is 9.83. The standard InChI is InChI=1S/C51H66N8O7/c1-9-58-42-15-14-32-24-37(42)38(45(58)36-12-10-17-52-43(36)29(2)3)25-51(6,7)28-66-50(65)39-13-11-18-59(55-39)49(64)40(22-31-20-34(32)23-35(60)21-31)54-46(61)44(30(4)5)56(8)47(62)33-16-19-57(27-33)48(63)41-26-53-41/h10,12,14-15,17,20-21,23-24,29-30,33,39-41,44,53,55,60H,9,11,13,16,18-19,22,25-28H2,1-8H3,(H,54,61)/t33-,39+,40+,41-,44+/m1/s1. The van der Waals surface area contributed by atoms with Gasteiger partial charge in [-0.05, 0) is 103 Å². The molecule has 0 saturated carbocycles. The molecule has 3 fully saturated rings. The topological polar surface area (TPSA) is 188 Å². The van der Waals surface area contributed by atoms with Gasteiger partial charge in [0.15, 0.2) is 0 Å². The number of likely N-dealkylation sites (tertiary alicyclic amines) is 1. The Labute approximate surface area is 387 Å². The highest BCUT2D eigenvalue weighted by Crippen LogP contribution is 2.42. The van der Waals surface area contributed by atoms with Crippen molar-refractivity contribution in [1.82, 2.24) is 40.4 Å². The third-order valence-electron chi connectivity index (χ3n) is 13.7. The van der Waals surface area contributed by atoms with Gasteiger partial charge < -0.3 is 34.8 Å². The number of hydrazine groups is 1. The summed E-state index contributed by atoms with van der Waals surface area (Å²) in [6.45, 7) is 16.9. The SMILES string of the molecule is CCn1c(-c2cccnc2C(C)C)c2c3cc(ccc31)-c1cc(O)cc(c1)C[C@H](NC(=O)[C@H](C(C)C)N(C)C(=O)[C@@H]1CCN(C(=O)[C@H]3CN3)C1)C(=O)N1CCC[C@H](N1)C(=O)OCC(C)(C)C2. The number of likely N-dealkylation sites (N-methyl/N-ethyl adjacent to an activating group) is 1. The second kappa shape index (κ2) is 18.8. The van der Waals surface area contributed by atoms with Gasteiger partial charge in [0, 0.05) is 74.3 Å². The van der Waals surface area contributed by atoms with Gasteiger partial charge in [0.25, 0.3) is 5.91 Å². The van der Waals surface area contributed by atoms with E-state index in [0.29, 0.717) is 57.4 Å². The molecular weight excluding hydrogens is 837 g/mol. The fourth-order valence-electron chi connectivity index (χ4n) is 10.3. The van der Waals surface area contributed by atoms with Gasteiger partial charge in [0.2, 0.25) is 17.7 Å². The number of benzene rings is 2. The number of fused-ring (bicyclic) bond motifs is 6. The highest BCUT2D eigenvalue weighted by Gasteiger charge is 2.42. The average molecular weight is 903 g/mol. The van der Waals surface area contributed by atoms with E-state index < -0.39 is 47.2 Å². The molecule has 352 valence electrons. The molecule has 2 aromatic carbocycles. The Morgan fingerprint density at radius 1 is 1.03 bits per heavy atom. The van der Waals surface area contributed by atoms with E-state index >= 15 is 0 Å². The van der Waals surface area contributed by atoms with Crippen LogP contribution in [0.3, 0.4) is 0 Å². The Balaban J connectivity index is 1.18. The van der Waals surface area contributed by atoms with Crippen molar-refractivity contribution in [3.8, 4) is 28.1 Å². The highest BCUT2D eigenvalue weighted by atomic mass is 16.5. The largest absolute Gasteiger partial charge is 0.508 e. The minimum atomic E-state index is -1.15. The van der Waals surface area contributed by atoms with E-state index in [1.165, 1.54) is 9.91 Å². The first-order valence-corrected chi connectivity index (χ1v) is 23.7. The van der Waals surface area contributed by atoms with Gasteiger partial charge in [-0.25, -0.2) is 5.43 Å². The Morgan fingerprint density at radius 3 is 2.52 bits per heavy atom. The molecule has 0 aliphatic carbocycles. The van der Waals surface area contributed by atoms with Gasteiger partial charge in [-0.15, -0.1) is 0 Å². The Kier molecular flexibility index (Phi) is 13.3. The van der Waals surface area contributed by atoms with E-state index in [1.54, 1.807) is 24.1 Å². The highest BCUT2D eigenvalue weighted by molar-refractivity contribution is 5.96. The molecule has 6 bridgehead atoms. The van der Waals surface area contributed by atoms with Crippen LogP contribution in [0.25, 0.3) is 33.3 Å². The van der Waals surface area contributed by atoms with Crippen LogP contribution in [0.5, 0.6) is 5.75 Å². The molecule has 66 heavy (non-hydrogen) atoms. The van der Waals surface area contributed by atoms with Crippen molar-refractivity contribution in [3.05, 3.63) is 71.5 Å². The number of pyridine rings is 1. The number of hydrogen-bond donors (Lipinski definition) is 4. The summed E-state index contributed by atoms with van der Waals surface area (Å²) in [5.74, 6) is -2.28. The molecule has 4 aromatic rings. The molecule has 15 nitrogen and oxygen atoms in total. The average Bonchev–Trinajstić information content (AvgIpc) is 3.95. The monoisotopic (exact) mass is 903 g/mol. The summed E-state index contributed by atoms with van der Waals surface area (Å²) in [4.78, 5) is 78.0. The van der Waals surface area contributed by atoms with Gasteiger partial charge in [-0.3, -0.25) is 34.0 Å². The summed E-state index contributed by atoms with van der Waals surface area (Å²) < 4.78 is 8.45. The predicted molar refractivity (Wildman–Crippen MR) is 252 cm³/mol. The number of nitrogens with zero attached hydrogens (tertiary/aromatic N) is 5.